The Hall–Kier alpha value is -1.35. The number of alkyl halides is 2. The number of hydrogen-bond acceptors (Lipinski definition) is 4. The summed E-state index contributed by atoms with van der Waals surface area (Å²) < 4.78 is 35.4. The molecule has 0 bridgehead atoms. The standard InChI is InChI=1S/C18H26Cl2F2N4O2/c1-23-17(25-11-18(26(2)3)4-6-27-7-5-18)24-10-12-8-13(19)9-14(20)15(12)28-16(21)22/h8-9,16H,4-7,10-11H2,1-3H3,(H2,23,24,25). The van der Waals surface area contributed by atoms with E-state index < -0.39 is 6.61 Å². The van der Waals surface area contributed by atoms with Gasteiger partial charge in [-0.05, 0) is 39.1 Å². The molecule has 0 unspecified atom stereocenters. The van der Waals surface area contributed by atoms with Crippen molar-refractivity contribution < 1.29 is 18.3 Å². The number of ether oxygens (including phenoxy) is 2. The number of aliphatic imine (C=N–C) groups is 1. The molecule has 1 aliphatic heterocycles. The van der Waals surface area contributed by atoms with Crippen molar-refractivity contribution in [1.29, 1.82) is 0 Å². The molecule has 1 aromatic carbocycles. The molecule has 1 aromatic rings. The second-order valence-corrected chi connectivity index (χ2v) is 7.61. The minimum absolute atomic E-state index is 0.0290. The molecule has 0 radical (unpaired) electrons. The van der Waals surface area contributed by atoms with Gasteiger partial charge in [0.2, 0.25) is 0 Å². The van der Waals surface area contributed by atoms with Crippen LogP contribution in [0.3, 0.4) is 0 Å². The quantitative estimate of drug-likeness (QED) is 0.504. The van der Waals surface area contributed by atoms with Crippen molar-refractivity contribution in [2.45, 2.75) is 31.5 Å². The lowest BCUT2D eigenvalue weighted by molar-refractivity contribution is -0.0504. The van der Waals surface area contributed by atoms with E-state index in [2.05, 4.69) is 25.3 Å². The summed E-state index contributed by atoms with van der Waals surface area (Å²) in [6.07, 6.45) is 1.81. The lowest BCUT2D eigenvalue weighted by Crippen LogP contribution is -2.57. The summed E-state index contributed by atoms with van der Waals surface area (Å²) in [4.78, 5) is 6.40. The molecule has 0 spiro atoms. The molecule has 1 aliphatic rings. The van der Waals surface area contributed by atoms with Gasteiger partial charge in [-0.2, -0.15) is 8.78 Å². The van der Waals surface area contributed by atoms with E-state index in [-0.39, 0.29) is 22.9 Å². The maximum Gasteiger partial charge on any atom is 0.387 e. The van der Waals surface area contributed by atoms with Crippen LogP contribution in [-0.2, 0) is 11.3 Å². The lowest BCUT2D eigenvalue weighted by atomic mass is 9.88. The number of hydrogen-bond donors (Lipinski definition) is 2. The van der Waals surface area contributed by atoms with Crippen molar-refractivity contribution in [2.24, 2.45) is 4.99 Å². The Morgan fingerprint density at radius 1 is 1.29 bits per heavy atom. The van der Waals surface area contributed by atoms with Gasteiger partial charge < -0.3 is 25.0 Å². The smallest absolute Gasteiger partial charge is 0.387 e. The summed E-state index contributed by atoms with van der Waals surface area (Å²) in [7, 11) is 5.74. The third-order valence-electron chi connectivity index (χ3n) is 4.92. The number of nitrogens with zero attached hydrogens (tertiary/aromatic N) is 2. The van der Waals surface area contributed by atoms with E-state index >= 15 is 0 Å². The van der Waals surface area contributed by atoms with Crippen LogP contribution in [0.4, 0.5) is 8.78 Å². The van der Waals surface area contributed by atoms with Crippen molar-refractivity contribution >= 4 is 29.2 Å². The number of nitrogens with one attached hydrogen (secondary N) is 2. The molecular formula is C18H26Cl2F2N4O2. The molecular weight excluding hydrogens is 413 g/mol. The number of rotatable bonds is 7. The highest BCUT2D eigenvalue weighted by Gasteiger charge is 2.34. The van der Waals surface area contributed by atoms with E-state index in [9.17, 15) is 8.78 Å². The number of guanidine groups is 1. The summed E-state index contributed by atoms with van der Waals surface area (Å²) in [6, 6.07) is 2.90. The fourth-order valence-electron chi connectivity index (χ4n) is 3.15. The highest BCUT2D eigenvalue weighted by Crippen LogP contribution is 2.33. The Bertz CT molecular complexity index is 684. The van der Waals surface area contributed by atoms with Crippen LogP contribution in [0.1, 0.15) is 18.4 Å². The predicted molar refractivity (Wildman–Crippen MR) is 108 cm³/mol. The van der Waals surface area contributed by atoms with Gasteiger partial charge in [0.05, 0.1) is 5.02 Å². The van der Waals surface area contributed by atoms with Crippen molar-refractivity contribution in [3.63, 3.8) is 0 Å². The molecule has 0 amide bonds. The molecule has 28 heavy (non-hydrogen) atoms. The Morgan fingerprint density at radius 3 is 2.54 bits per heavy atom. The minimum atomic E-state index is -2.98. The average molecular weight is 439 g/mol. The van der Waals surface area contributed by atoms with Crippen LogP contribution in [0.15, 0.2) is 17.1 Å². The van der Waals surface area contributed by atoms with E-state index in [0.717, 1.165) is 12.8 Å². The van der Waals surface area contributed by atoms with Gasteiger partial charge in [0.15, 0.2) is 5.96 Å². The number of benzene rings is 1. The first-order chi connectivity index (χ1) is 13.3. The molecule has 158 valence electrons. The maximum absolute atomic E-state index is 12.7. The molecule has 1 fully saturated rings. The topological polar surface area (TPSA) is 58.1 Å². The first kappa shape index (κ1) is 22.9. The first-order valence-corrected chi connectivity index (χ1v) is 9.65. The van der Waals surface area contributed by atoms with Gasteiger partial charge in [0.1, 0.15) is 5.75 Å². The first-order valence-electron chi connectivity index (χ1n) is 8.90. The van der Waals surface area contributed by atoms with E-state index in [1.807, 2.05) is 14.1 Å². The predicted octanol–water partition coefficient (Wildman–Crippen LogP) is 3.37. The van der Waals surface area contributed by atoms with E-state index in [0.29, 0.717) is 36.3 Å². The van der Waals surface area contributed by atoms with Crippen molar-refractivity contribution in [1.82, 2.24) is 15.5 Å². The summed E-state index contributed by atoms with van der Waals surface area (Å²) in [5.41, 5.74) is 0.369. The van der Waals surface area contributed by atoms with E-state index in [1.54, 1.807) is 7.05 Å². The number of likely N-dealkylation sites (N-methyl/N-ethyl adjacent to an activating group) is 1. The Labute approximate surface area is 174 Å². The van der Waals surface area contributed by atoms with Gasteiger partial charge in [0, 0.05) is 49.5 Å². The molecule has 0 saturated carbocycles. The van der Waals surface area contributed by atoms with Gasteiger partial charge in [-0.25, -0.2) is 0 Å². The maximum atomic E-state index is 12.7. The Morgan fingerprint density at radius 2 is 1.96 bits per heavy atom. The normalized spacial score (nSPS) is 17.1. The zero-order chi connectivity index (χ0) is 20.7. The van der Waals surface area contributed by atoms with Gasteiger partial charge in [-0.15, -0.1) is 0 Å². The van der Waals surface area contributed by atoms with E-state index in [1.165, 1.54) is 12.1 Å². The molecule has 0 atom stereocenters. The summed E-state index contributed by atoms with van der Waals surface area (Å²) in [5.74, 6) is 0.435. The average Bonchev–Trinajstić information content (AvgIpc) is 2.64. The van der Waals surface area contributed by atoms with Crippen LogP contribution < -0.4 is 15.4 Å². The fraction of sp³-hybridized carbons (Fsp3) is 0.611. The minimum Gasteiger partial charge on any atom is -0.433 e. The van der Waals surface area contributed by atoms with Crippen LogP contribution >= 0.6 is 23.2 Å². The fourth-order valence-corrected chi connectivity index (χ4v) is 3.73. The zero-order valence-corrected chi connectivity index (χ0v) is 17.7. The van der Waals surface area contributed by atoms with Crippen LogP contribution in [0.25, 0.3) is 0 Å². The molecule has 10 heteroatoms. The molecule has 1 saturated heterocycles. The SMILES string of the molecule is CN=C(NCc1cc(Cl)cc(Cl)c1OC(F)F)NCC1(N(C)C)CCOCC1. The highest BCUT2D eigenvalue weighted by atomic mass is 35.5. The molecule has 0 aromatic heterocycles. The third-order valence-corrected chi connectivity index (χ3v) is 5.42. The molecule has 6 nitrogen and oxygen atoms in total. The number of halogens is 4. The van der Waals surface area contributed by atoms with Gasteiger partial charge in [-0.1, -0.05) is 23.2 Å². The Kier molecular flexibility index (Phi) is 8.55. The molecule has 1 heterocycles. The summed E-state index contributed by atoms with van der Waals surface area (Å²) in [6.45, 7) is -0.731. The van der Waals surface area contributed by atoms with E-state index in [4.69, 9.17) is 27.9 Å². The zero-order valence-electron chi connectivity index (χ0n) is 16.2. The molecule has 0 aliphatic carbocycles. The summed E-state index contributed by atoms with van der Waals surface area (Å²) >= 11 is 12.0. The summed E-state index contributed by atoms with van der Waals surface area (Å²) in [5, 5.41) is 6.77. The molecule has 2 rings (SSSR count). The lowest BCUT2D eigenvalue weighted by Gasteiger charge is -2.43. The van der Waals surface area contributed by atoms with Gasteiger partial charge in [-0.3, -0.25) is 4.99 Å². The van der Waals surface area contributed by atoms with Crippen molar-refractivity contribution in [3.8, 4) is 5.75 Å². The third kappa shape index (κ3) is 6.07. The highest BCUT2D eigenvalue weighted by molar-refractivity contribution is 6.35. The van der Waals surface area contributed by atoms with Gasteiger partial charge in [0.25, 0.3) is 0 Å². The molecule has 2 N–H and O–H groups in total. The monoisotopic (exact) mass is 438 g/mol. The van der Waals surface area contributed by atoms with Crippen LogP contribution in [-0.4, -0.2) is 63.9 Å². The van der Waals surface area contributed by atoms with Crippen LogP contribution in [0.2, 0.25) is 10.0 Å². The van der Waals surface area contributed by atoms with Crippen molar-refractivity contribution in [2.75, 3.05) is 40.9 Å². The van der Waals surface area contributed by atoms with Crippen LogP contribution in [0.5, 0.6) is 5.75 Å². The Balaban J connectivity index is 2.04. The van der Waals surface area contributed by atoms with Crippen molar-refractivity contribution in [3.05, 3.63) is 27.7 Å². The van der Waals surface area contributed by atoms with Gasteiger partial charge >= 0.3 is 6.61 Å². The largest absolute Gasteiger partial charge is 0.433 e. The second kappa shape index (κ2) is 10.4. The second-order valence-electron chi connectivity index (χ2n) is 6.76. The van der Waals surface area contributed by atoms with Crippen LogP contribution in [0, 0.1) is 0 Å².